The molecule has 0 aromatic heterocycles. The van der Waals surface area contributed by atoms with Gasteiger partial charge in [-0.25, -0.2) is 0 Å². The summed E-state index contributed by atoms with van der Waals surface area (Å²) < 4.78 is 10.6. The monoisotopic (exact) mass is 478 g/mol. The number of carbonyl (C=O) groups excluding carboxylic acids is 4. The van der Waals surface area contributed by atoms with Crippen LogP contribution in [0.3, 0.4) is 0 Å². The molecule has 2 fully saturated rings. The van der Waals surface area contributed by atoms with Crippen LogP contribution in [-0.4, -0.2) is 61.9 Å². The van der Waals surface area contributed by atoms with Crippen molar-refractivity contribution in [3.05, 3.63) is 42.0 Å². The van der Waals surface area contributed by atoms with E-state index in [4.69, 9.17) is 9.47 Å². The lowest BCUT2D eigenvalue weighted by Crippen LogP contribution is -2.40. The Bertz CT molecular complexity index is 1230. The third-order valence-corrected chi connectivity index (χ3v) is 6.77. The number of carbonyl (C=O) groups is 4. The number of benzene rings is 2. The summed E-state index contributed by atoms with van der Waals surface area (Å²) in [5, 5.41) is 5.66. The molecular formula is C25H26N4O6. The number of hydrogen-bond donors (Lipinski definition) is 2. The lowest BCUT2D eigenvalue weighted by atomic mass is 10.1. The van der Waals surface area contributed by atoms with Crippen molar-refractivity contribution in [3.63, 3.8) is 0 Å². The van der Waals surface area contributed by atoms with E-state index in [1.54, 1.807) is 48.4 Å². The first-order valence-corrected chi connectivity index (χ1v) is 11.5. The molecule has 2 aromatic carbocycles. The summed E-state index contributed by atoms with van der Waals surface area (Å²) in [6.45, 7) is 0.727. The molecule has 10 nitrogen and oxygen atoms in total. The first-order chi connectivity index (χ1) is 16.9. The van der Waals surface area contributed by atoms with Crippen LogP contribution in [0.1, 0.15) is 29.6 Å². The minimum absolute atomic E-state index is 0.0520. The van der Waals surface area contributed by atoms with Crippen LogP contribution in [0.4, 0.5) is 17.1 Å². The molecule has 2 unspecified atom stereocenters. The lowest BCUT2D eigenvalue weighted by molar-refractivity contribution is -0.122. The van der Waals surface area contributed by atoms with Gasteiger partial charge in [-0.1, -0.05) is 0 Å². The molecule has 2 N–H and O–H groups in total. The average molecular weight is 479 g/mol. The van der Waals surface area contributed by atoms with Gasteiger partial charge in [0, 0.05) is 31.3 Å². The molecule has 2 atom stereocenters. The zero-order valence-electron chi connectivity index (χ0n) is 19.5. The van der Waals surface area contributed by atoms with Gasteiger partial charge in [0.15, 0.2) is 0 Å². The predicted molar refractivity (Wildman–Crippen MR) is 128 cm³/mol. The molecule has 5 rings (SSSR count). The topological polar surface area (TPSA) is 117 Å². The lowest BCUT2D eigenvalue weighted by Gasteiger charge is -2.20. The fourth-order valence-electron chi connectivity index (χ4n) is 4.93. The number of ether oxygens (including phenoxy) is 2. The van der Waals surface area contributed by atoms with Crippen LogP contribution in [0.5, 0.6) is 11.5 Å². The predicted octanol–water partition coefficient (Wildman–Crippen LogP) is 2.25. The van der Waals surface area contributed by atoms with Crippen molar-refractivity contribution < 1.29 is 28.7 Å². The summed E-state index contributed by atoms with van der Waals surface area (Å²) in [6.07, 6.45) is 1.47. The fourth-order valence-corrected chi connectivity index (χ4v) is 4.93. The van der Waals surface area contributed by atoms with Crippen LogP contribution in [0.15, 0.2) is 36.4 Å². The van der Waals surface area contributed by atoms with E-state index in [0.717, 1.165) is 6.42 Å². The Labute approximate surface area is 202 Å². The van der Waals surface area contributed by atoms with Gasteiger partial charge in [-0.3, -0.25) is 19.2 Å². The van der Waals surface area contributed by atoms with Crippen molar-refractivity contribution in [2.24, 2.45) is 5.92 Å². The zero-order chi connectivity index (χ0) is 24.7. The summed E-state index contributed by atoms with van der Waals surface area (Å²) in [5.74, 6) is -0.431. The molecule has 182 valence electrons. The van der Waals surface area contributed by atoms with E-state index in [9.17, 15) is 19.2 Å². The molecule has 10 heteroatoms. The molecule has 2 aromatic rings. The molecule has 3 heterocycles. The second-order valence-corrected chi connectivity index (χ2v) is 8.84. The van der Waals surface area contributed by atoms with Crippen LogP contribution in [0.2, 0.25) is 0 Å². The van der Waals surface area contributed by atoms with E-state index < -0.39 is 12.0 Å². The summed E-state index contributed by atoms with van der Waals surface area (Å²) >= 11 is 0. The molecular weight excluding hydrogens is 452 g/mol. The van der Waals surface area contributed by atoms with Gasteiger partial charge in [-0.15, -0.1) is 0 Å². The average Bonchev–Trinajstić information content (AvgIpc) is 3.49. The van der Waals surface area contributed by atoms with Crippen molar-refractivity contribution in [2.45, 2.75) is 25.3 Å². The van der Waals surface area contributed by atoms with Crippen LogP contribution in [-0.2, 0) is 14.4 Å². The highest BCUT2D eigenvalue weighted by atomic mass is 16.5. The number of rotatable bonds is 5. The van der Waals surface area contributed by atoms with Gasteiger partial charge in [0.1, 0.15) is 17.5 Å². The molecule has 3 aliphatic rings. The Morgan fingerprint density at radius 2 is 1.91 bits per heavy atom. The number of anilines is 3. The molecule has 2 saturated heterocycles. The van der Waals surface area contributed by atoms with Crippen molar-refractivity contribution in [1.82, 2.24) is 4.90 Å². The Morgan fingerprint density at radius 3 is 2.69 bits per heavy atom. The standard InChI is InChI=1S/C25H26N4O6/c1-34-16-6-8-19(21(12-16)35-2)29-13-14(10-22(29)30)23(31)26-15-5-7-18-17(11-15)25(33)28-9-3-4-20(28)24(32)27-18/h5-8,11-12,14,20H,3-4,9-10,13H2,1-2H3,(H,26,31)(H,27,32). The maximum atomic E-state index is 13.1. The molecule has 3 aliphatic heterocycles. The van der Waals surface area contributed by atoms with Gasteiger partial charge in [-0.05, 0) is 43.2 Å². The number of nitrogens with zero attached hydrogens (tertiary/aromatic N) is 2. The summed E-state index contributed by atoms with van der Waals surface area (Å²) in [4.78, 5) is 54.4. The minimum atomic E-state index is -0.577. The van der Waals surface area contributed by atoms with Crippen LogP contribution in [0, 0.1) is 5.92 Å². The fraction of sp³-hybridized carbons (Fsp3) is 0.360. The molecule has 4 amide bonds. The number of nitrogens with one attached hydrogen (secondary N) is 2. The van der Waals surface area contributed by atoms with Crippen molar-refractivity contribution in [3.8, 4) is 11.5 Å². The van der Waals surface area contributed by atoms with Gasteiger partial charge in [0.2, 0.25) is 17.7 Å². The third kappa shape index (κ3) is 4.05. The Kier molecular flexibility index (Phi) is 5.80. The van der Waals surface area contributed by atoms with E-state index >= 15 is 0 Å². The largest absolute Gasteiger partial charge is 0.497 e. The van der Waals surface area contributed by atoms with Gasteiger partial charge in [-0.2, -0.15) is 0 Å². The number of fused-ring (bicyclic) bond motifs is 2. The minimum Gasteiger partial charge on any atom is -0.497 e. The Morgan fingerprint density at radius 1 is 1.09 bits per heavy atom. The second kappa shape index (κ2) is 8.94. The highest BCUT2D eigenvalue weighted by Crippen LogP contribution is 2.36. The van der Waals surface area contributed by atoms with E-state index in [-0.39, 0.29) is 36.6 Å². The summed E-state index contributed by atoms with van der Waals surface area (Å²) in [5.41, 5.74) is 1.77. The van der Waals surface area contributed by atoms with Crippen LogP contribution >= 0.6 is 0 Å². The van der Waals surface area contributed by atoms with Gasteiger partial charge >= 0.3 is 0 Å². The summed E-state index contributed by atoms with van der Waals surface area (Å²) in [6, 6.07) is 9.53. The van der Waals surface area contributed by atoms with E-state index in [2.05, 4.69) is 10.6 Å². The molecule has 0 saturated carbocycles. The smallest absolute Gasteiger partial charge is 0.256 e. The van der Waals surface area contributed by atoms with Crippen LogP contribution in [0.25, 0.3) is 0 Å². The summed E-state index contributed by atoms with van der Waals surface area (Å²) in [7, 11) is 3.05. The van der Waals surface area contributed by atoms with E-state index in [1.165, 1.54) is 12.0 Å². The molecule has 35 heavy (non-hydrogen) atoms. The first-order valence-electron chi connectivity index (χ1n) is 11.5. The first kappa shape index (κ1) is 22.7. The quantitative estimate of drug-likeness (QED) is 0.681. The second-order valence-electron chi connectivity index (χ2n) is 8.84. The normalized spacial score (nSPS) is 21.3. The zero-order valence-corrected chi connectivity index (χ0v) is 19.5. The number of amides is 4. The van der Waals surface area contributed by atoms with Crippen LogP contribution < -0.4 is 25.0 Å². The number of hydrogen-bond acceptors (Lipinski definition) is 6. The third-order valence-electron chi connectivity index (χ3n) is 6.77. The SMILES string of the molecule is COc1ccc(N2CC(C(=O)Nc3ccc4c(c3)C(=O)N3CCCC3C(=O)N4)CC2=O)c(OC)c1. The van der Waals surface area contributed by atoms with Crippen molar-refractivity contribution in [1.29, 1.82) is 0 Å². The van der Waals surface area contributed by atoms with E-state index in [1.807, 2.05) is 0 Å². The Hall–Kier alpha value is -4.08. The Balaban J connectivity index is 1.32. The number of methoxy groups -OCH3 is 2. The van der Waals surface area contributed by atoms with Gasteiger partial charge in [0.25, 0.3) is 5.91 Å². The molecule has 0 aliphatic carbocycles. The van der Waals surface area contributed by atoms with E-state index in [0.29, 0.717) is 47.1 Å². The van der Waals surface area contributed by atoms with Crippen molar-refractivity contribution >= 4 is 40.7 Å². The highest BCUT2D eigenvalue weighted by molar-refractivity contribution is 6.11. The van der Waals surface area contributed by atoms with Crippen molar-refractivity contribution in [2.75, 3.05) is 42.8 Å². The maximum absolute atomic E-state index is 13.1. The van der Waals surface area contributed by atoms with Gasteiger partial charge in [0.05, 0.1) is 37.1 Å². The maximum Gasteiger partial charge on any atom is 0.256 e. The highest BCUT2D eigenvalue weighted by Gasteiger charge is 2.39. The van der Waals surface area contributed by atoms with Gasteiger partial charge < -0.3 is 29.9 Å². The molecule has 0 bridgehead atoms. The molecule has 0 radical (unpaired) electrons. The molecule has 0 spiro atoms.